The Kier molecular flexibility index (Phi) is 6.21. The normalized spacial score (nSPS) is 12.3. The van der Waals surface area contributed by atoms with Crippen molar-refractivity contribution in [3.8, 4) is 0 Å². The van der Waals surface area contributed by atoms with Gasteiger partial charge in [-0.1, -0.05) is 17.7 Å². The minimum Gasteiger partial charge on any atom is -0.342 e. The van der Waals surface area contributed by atoms with Gasteiger partial charge in [-0.15, -0.1) is 0 Å². The van der Waals surface area contributed by atoms with Crippen molar-refractivity contribution in [2.75, 3.05) is 13.1 Å². The summed E-state index contributed by atoms with van der Waals surface area (Å²) in [4.78, 5) is 14.1. The molecule has 112 valence electrons. The fourth-order valence-electron chi connectivity index (χ4n) is 2.64. The number of carbonyl (C=O) groups is 1. The number of aryl methyl sites for hydroxylation is 3. The van der Waals surface area contributed by atoms with Crippen molar-refractivity contribution in [1.82, 2.24) is 10.2 Å². The van der Waals surface area contributed by atoms with Gasteiger partial charge in [0.25, 0.3) is 0 Å². The van der Waals surface area contributed by atoms with Crippen LogP contribution >= 0.6 is 0 Å². The smallest absolute Gasteiger partial charge is 0.239 e. The summed E-state index contributed by atoms with van der Waals surface area (Å²) in [6.45, 7) is 14.6. The Balaban J connectivity index is 2.70. The molecule has 3 nitrogen and oxygen atoms in total. The van der Waals surface area contributed by atoms with Gasteiger partial charge in [0.15, 0.2) is 0 Å². The quantitative estimate of drug-likeness (QED) is 0.866. The number of carbonyl (C=O) groups excluding carboxylic acids is 1. The van der Waals surface area contributed by atoms with Crippen LogP contribution in [-0.4, -0.2) is 29.9 Å². The number of benzene rings is 1. The molecular formula is C17H28N2O. The maximum atomic E-state index is 12.2. The molecule has 0 saturated carbocycles. The predicted octanol–water partition coefficient (Wildman–Crippen LogP) is 2.96. The zero-order valence-electron chi connectivity index (χ0n) is 13.7. The largest absolute Gasteiger partial charge is 0.342 e. The number of nitrogens with zero attached hydrogens (tertiary/aromatic N) is 1. The molecule has 0 spiro atoms. The van der Waals surface area contributed by atoms with Crippen LogP contribution in [0.2, 0.25) is 0 Å². The van der Waals surface area contributed by atoms with E-state index in [2.05, 4.69) is 38.2 Å². The molecule has 1 rings (SSSR count). The molecular weight excluding hydrogens is 248 g/mol. The molecule has 0 heterocycles. The number of amides is 1. The molecule has 0 bridgehead atoms. The molecule has 0 saturated heterocycles. The van der Waals surface area contributed by atoms with Crippen molar-refractivity contribution in [3.63, 3.8) is 0 Å². The Morgan fingerprint density at radius 2 is 1.65 bits per heavy atom. The lowest BCUT2D eigenvalue weighted by molar-refractivity contribution is -0.132. The van der Waals surface area contributed by atoms with E-state index in [1.165, 1.54) is 22.3 Å². The van der Waals surface area contributed by atoms with Gasteiger partial charge in [-0.05, 0) is 58.2 Å². The summed E-state index contributed by atoms with van der Waals surface area (Å²) in [6, 6.07) is 4.25. The molecule has 1 aromatic rings. The van der Waals surface area contributed by atoms with Crippen LogP contribution in [0, 0.1) is 20.8 Å². The maximum absolute atomic E-state index is 12.2. The monoisotopic (exact) mass is 276 g/mol. The topological polar surface area (TPSA) is 32.3 Å². The Bertz CT molecular complexity index is 441. The fraction of sp³-hybridized carbons (Fsp3) is 0.588. The van der Waals surface area contributed by atoms with Crippen LogP contribution < -0.4 is 5.32 Å². The first kappa shape index (κ1) is 16.7. The molecule has 0 aliphatic heterocycles. The van der Waals surface area contributed by atoms with Gasteiger partial charge in [0.2, 0.25) is 5.91 Å². The molecule has 20 heavy (non-hydrogen) atoms. The SMILES string of the molecule is CCN(CC)C(=O)C(C)NCc1c(C)cc(C)cc1C. The molecule has 1 unspecified atom stereocenters. The highest BCUT2D eigenvalue weighted by Crippen LogP contribution is 2.16. The summed E-state index contributed by atoms with van der Waals surface area (Å²) in [5.41, 5.74) is 5.17. The summed E-state index contributed by atoms with van der Waals surface area (Å²) in [5, 5.41) is 3.36. The number of rotatable bonds is 6. The van der Waals surface area contributed by atoms with Crippen LogP contribution in [0.1, 0.15) is 43.0 Å². The second-order valence-corrected chi connectivity index (χ2v) is 5.49. The Hall–Kier alpha value is -1.35. The molecule has 1 N–H and O–H groups in total. The first-order valence-electron chi connectivity index (χ1n) is 7.49. The molecule has 1 amide bonds. The Labute approximate surface area is 123 Å². The van der Waals surface area contributed by atoms with Crippen LogP contribution in [0.15, 0.2) is 12.1 Å². The molecule has 3 heteroatoms. The minimum atomic E-state index is -0.144. The van der Waals surface area contributed by atoms with E-state index in [9.17, 15) is 4.79 Å². The van der Waals surface area contributed by atoms with Crippen LogP contribution in [-0.2, 0) is 11.3 Å². The van der Waals surface area contributed by atoms with E-state index in [1.807, 2.05) is 25.7 Å². The van der Waals surface area contributed by atoms with E-state index < -0.39 is 0 Å². The van der Waals surface area contributed by atoms with E-state index in [1.54, 1.807) is 0 Å². The molecule has 1 atom stereocenters. The molecule has 0 fully saturated rings. The van der Waals surface area contributed by atoms with Crippen molar-refractivity contribution < 1.29 is 4.79 Å². The zero-order chi connectivity index (χ0) is 15.3. The molecule has 1 aromatic carbocycles. The van der Waals surface area contributed by atoms with E-state index >= 15 is 0 Å². The molecule has 0 aliphatic rings. The van der Waals surface area contributed by atoms with E-state index in [4.69, 9.17) is 0 Å². The highest BCUT2D eigenvalue weighted by atomic mass is 16.2. The lowest BCUT2D eigenvalue weighted by atomic mass is 9.99. The van der Waals surface area contributed by atoms with Crippen LogP contribution in [0.4, 0.5) is 0 Å². The van der Waals surface area contributed by atoms with E-state index in [0.717, 1.165) is 19.6 Å². The summed E-state index contributed by atoms with van der Waals surface area (Å²) >= 11 is 0. The Morgan fingerprint density at radius 1 is 1.15 bits per heavy atom. The van der Waals surface area contributed by atoms with Crippen molar-refractivity contribution in [3.05, 3.63) is 34.4 Å². The fourth-order valence-corrected chi connectivity index (χ4v) is 2.64. The van der Waals surface area contributed by atoms with Crippen LogP contribution in [0.5, 0.6) is 0 Å². The Morgan fingerprint density at radius 3 is 2.10 bits per heavy atom. The van der Waals surface area contributed by atoms with Crippen LogP contribution in [0.25, 0.3) is 0 Å². The summed E-state index contributed by atoms with van der Waals surface area (Å²) < 4.78 is 0. The molecule has 0 aromatic heterocycles. The highest BCUT2D eigenvalue weighted by Gasteiger charge is 2.17. The van der Waals surface area contributed by atoms with Crippen molar-refractivity contribution >= 4 is 5.91 Å². The first-order chi connectivity index (χ1) is 9.40. The number of hydrogen-bond acceptors (Lipinski definition) is 2. The van der Waals surface area contributed by atoms with Gasteiger partial charge in [-0.3, -0.25) is 4.79 Å². The maximum Gasteiger partial charge on any atom is 0.239 e. The van der Waals surface area contributed by atoms with Gasteiger partial charge in [-0.25, -0.2) is 0 Å². The van der Waals surface area contributed by atoms with Gasteiger partial charge in [0.05, 0.1) is 6.04 Å². The summed E-state index contributed by atoms with van der Waals surface area (Å²) in [7, 11) is 0. The zero-order valence-corrected chi connectivity index (χ0v) is 13.7. The van der Waals surface area contributed by atoms with E-state index in [0.29, 0.717) is 0 Å². The van der Waals surface area contributed by atoms with Gasteiger partial charge < -0.3 is 10.2 Å². The number of nitrogens with one attached hydrogen (secondary N) is 1. The third-order valence-electron chi connectivity index (χ3n) is 3.87. The summed E-state index contributed by atoms with van der Waals surface area (Å²) in [5.74, 6) is 0.178. The van der Waals surface area contributed by atoms with E-state index in [-0.39, 0.29) is 11.9 Å². The standard InChI is InChI=1S/C17H28N2O/c1-7-19(8-2)17(20)15(6)18-11-16-13(4)9-12(3)10-14(16)5/h9-10,15,18H,7-8,11H2,1-6H3. The third-order valence-corrected chi connectivity index (χ3v) is 3.87. The van der Waals surface area contributed by atoms with Crippen molar-refractivity contribution in [2.24, 2.45) is 0 Å². The van der Waals surface area contributed by atoms with Gasteiger partial charge in [0.1, 0.15) is 0 Å². The first-order valence-corrected chi connectivity index (χ1v) is 7.49. The predicted molar refractivity (Wildman–Crippen MR) is 84.9 cm³/mol. The van der Waals surface area contributed by atoms with Gasteiger partial charge in [-0.2, -0.15) is 0 Å². The summed E-state index contributed by atoms with van der Waals surface area (Å²) in [6.07, 6.45) is 0. The van der Waals surface area contributed by atoms with Gasteiger partial charge >= 0.3 is 0 Å². The van der Waals surface area contributed by atoms with Crippen molar-refractivity contribution in [2.45, 2.75) is 54.1 Å². The second-order valence-electron chi connectivity index (χ2n) is 5.49. The average molecular weight is 276 g/mol. The van der Waals surface area contributed by atoms with Crippen molar-refractivity contribution in [1.29, 1.82) is 0 Å². The highest BCUT2D eigenvalue weighted by molar-refractivity contribution is 5.81. The minimum absolute atomic E-state index is 0.144. The number of hydrogen-bond donors (Lipinski definition) is 1. The third kappa shape index (κ3) is 4.07. The molecule has 0 radical (unpaired) electrons. The van der Waals surface area contributed by atoms with Crippen LogP contribution in [0.3, 0.4) is 0 Å². The lowest BCUT2D eigenvalue weighted by Gasteiger charge is -2.24. The second kappa shape index (κ2) is 7.44. The average Bonchev–Trinajstić information content (AvgIpc) is 2.38. The van der Waals surface area contributed by atoms with Gasteiger partial charge in [0, 0.05) is 19.6 Å². The number of likely N-dealkylation sites (N-methyl/N-ethyl adjacent to an activating group) is 1. The lowest BCUT2D eigenvalue weighted by Crippen LogP contribution is -2.44. The molecule has 0 aliphatic carbocycles.